The lowest BCUT2D eigenvalue weighted by Gasteiger charge is -2.42. The summed E-state index contributed by atoms with van der Waals surface area (Å²) in [5, 5.41) is 0. The van der Waals surface area contributed by atoms with E-state index in [1.165, 1.54) is 49.7 Å². The maximum absolute atomic E-state index is 12.0. The quantitative estimate of drug-likeness (QED) is 0.796. The molecule has 0 saturated carbocycles. The lowest BCUT2D eigenvalue weighted by Crippen LogP contribution is -2.51. The molecule has 4 heteroatoms. The molecule has 1 aromatic rings. The fraction of sp³-hybridized carbons (Fsp3) is 0.632. The maximum Gasteiger partial charge on any atom is 0.410 e. The number of carbonyl (C=O) groups is 1. The Bertz CT molecular complexity index is 589. The van der Waals surface area contributed by atoms with E-state index in [2.05, 4.69) is 44.0 Å². The van der Waals surface area contributed by atoms with Gasteiger partial charge in [0.25, 0.3) is 0 Å². The van der Waals surface area contributed by atoms with Crippen LogP contribution >= 0.6 is 0 Å². The molecule has 0 aliphatic carbocycles. The number of ether oxygens (including phenoxy) is 1. The van der Waals surface area contributed by atoms with Crippen molar-refractivity contribution in [2.45, 2.75) is 51.1 Å². The number of likely N-dealkylation sites (tertiary alicyclic amines) is 1. The van der Waals surface area contributed by atoms with Gasteiger partial charge in [-0.2, -0.15) is 0 Å². The summed E-state index contributed by atoms with van der Waals surface area (Å²) in [5.74, 6) is 0.679. The van der Waals surface area contributed by atoms with Crippen molar-refractivity contribution in [3.63, 3.8) is 0 Å². The summed E-state index contributed by atoms with van der Waals surface area (Å²) in [5.41, 5.74) is 3.92. The normalized spacial score (nSPS) is 21.8. The summed E-state index contributed by atoms with van der Waals surface area (Å²) in [4.78, 5) is 16.3. The molecule has 2 aliphatic heterocycles. The van der Waals surface area contributed by atoms with Crippen LogP contribution in [0.3, 0.4) is 0 Å². The highest BCUT2D eigenvalue weighted by atomic mass is 16.5. The first-order valence-corrected chi connectivity index (χ1v) is 8.56. The van der Waals surface area contributed by atoms with Crippen LogP contribution in [0.5, 0.6) is 0 Å². The predicted molar refractivity (Wildman–Crippen MR) is 91.6 cm³/mol. The number of amides is 1. The van der Waals surface area contributed by atoms with Crippen LogP contribution in [0.4, 0.5) is 4.79 Å². The first kappa shape index (κ1) is 16.3. The number of nitrogens with zero attached hydrogens (tertiary/aromatic N) is 2. The second-order valence-electron chi connectivity index (χ2n) is 7.65. The molecule has 0 unspecified atom stereocenters. The van der Waals surface area contributed by atoms with Gasteiger partial charge >= 0.3 is 6.09 Å². The number of carbonyl (C=O) groups excluding carboxylic acids is 1. The van der Waals surface area contributed by atoms with Gasteiger partial charge < -0.3 is 9.64 Å². The molecule has 0 aromatic heterocycles. The van der Waals surface area contributed by atoms with Gasteiger partial charge in [0.15, 0.2) is 0 Å². The SMILES string of the molecule is COC(=O)N1Cc2ccc(C3CCN(C)CC3)cc2CC1(C)C. The van der Waals surface area contributed by atoms with Gasteiger partial charge in [-0.25, -0.2) is 4.79 Å². The van der Waals surface area contributed by atoms with Crippen molar-refractivity contribution in [1.82, 2.24) is 9.80 Å². The van der Waals surface area contributed by atoms with E-state index < -0.39 is 0 Å². The Morgan fingerprint density at radius 2 is 1.91 bits per heavy atom. The highest BCUT2D eigenvalue weighted by Crippen LogP contribution is 2.35. The largest absolute Gasteiger partial charge is 0.453 e. The van der Waals surface area contributed by atoms with Crippen LogP contribution in [-0.4, -0.2) is 48.7 Å². The third-order valence-corrected chi connectivity index (χ3v) is 5.50. The lowest BCUT2D eigenvalue weighted by atomic mass is 9.82. The average molecular weight is 316 g/mol. The molecule has 4 nitrogen and oxygen atoms in total. The molecule has 2 heterocycles. The summed E-state index contributed by atoms with van der Waals surface area (Å²) in [6.45, 7) is 7.25. The fourth-order valence-corrected chi connectivity index (χ4v) is 3.93. The van der Waals surface area contributed by atoms with Gasteiger partial charge in [-0.05, 0) is 75.9 Å². The number of piperidine rings is 1. The van der Waals surface area contributed by atoms with Crippen molar-refractivity contribution < 1.29 is 9.53 Å². The Morgan fingerprint density at radius 1 is 1.22 bits per heavy atom. The van der Waals surface area contributed by atoms with Gasteiger partial charge in [0, 0.05) is 12.1 Å². The minimum Gasteiger partial charge on any atom is -0.453 e. The van der Waals surface area contributed by atoms with E-state index in [0.29, 0.717) is 12.5 Å². The van der Waals surface area contributed by atoms with Crippen LogP contribution in [0, 0.1) is 0 Å². The summed E-state index contributed by atoms with van der Waals surface area (Å²) < 4.78 is 4.95. The smallest absolute Gasteiger partial charge is 0.410 e. The van der Waals surface area contributed by atoms with Crippen LogP contribution < -0.4 is 0 Å². The predicted octanol–water partition coefficient (Wildman–Crippen LogP) is 3.40. The number of fused-ring (bicyclic) bond motifs is 1. The molecule has 0 radical (unpaired) electrons. The van der Waals surface area contributed by atoms with Gasteiger partial charge in [0.05, 0.1) is 7.11 Å². The van der Waals surface area contributed by atoms with E-state index in [9.17, 15) is 4.79 Å². The maximum atomic E-state index is 12.0. The molecular formula is C19H28N2O2. The molecule has 3 rings (SSSR count). The van der Waals surface area contributed by atoms with E-state index in [1.54, 1.807) is 0 Å². The number of rotatable bonds is 1. The van der Waals surface area contributed by atoms with Gasteiger partial charge in [0.1, 0.15) is 0 Å². The number of hydrogen-bond acceptors (Lipinski definition) is 3. The van der Waals surface area contributed by atoms with Gasteiger partial charge in [-0.1, -0.05) is 18.2 Å². The molecule has 0 spiro atoms. The molecule has 1 amide bonds. The summed E-state index contributed by atoms with van der Waals surface area (Å²) in [6.07, 6.45) is 3.14. The van der Waals surface area contributed by atoms with Crippen molar-refractivity contribution in [2.75, 3.05) is 27.2 Å². The van der Waals surface area contributed by atoms with Gasteiger partial charge in [-0.15, -0.1) is 0 Å². The number of methoxy groups -OCH3 is 1. The molecule has 1 aromatic carbocycles. The topological polar surface area (TPSA) is 32.8 Å². The summed E-state index contributed by atoms with van der Waals surface area (Å²) in [7, 11) is 3.66. The van der Waals surface area contributed by atoms with E-state index >= 15 is 0 Å². The average Bonchev–Trinajstić information content (AvgIpc) is 2.53. The molecule has 23 heavy (non-hydrogen) atoms. The summed E-state index contributed by atoms with van der Waals surface area (Å²) >= 11 is 0. The molecule has 1 fully saturated rings. The Hall–Kier alpha value is -1.55. The third kappa shape index (κ3) is 3.23. The van der Waals surface area contributed by atoms with E-state index in [4.69, 9.17) is 4.74 Å². The standard InChI is InChI=1S/C19H28N2O2/c1-19(2)12-17-11-15(14-7-9-20(3)10-8-14)5-6-16(17)13-21(19)18(22)23-4/h5-6,11,14H,7-10,12-13H2,1-4H3. The van der Waals surface area contributed by atoms with Crippen molar-refractivity contribution in [2.24, 2.45) is 0 Å². The van der Waals surface area contributed by atoms with Crippen LogP contribution in [-0.2, 0) is 17.7 Å². The van der Waals surface area contributed by atoms with Gasteiger partial charge in [0.2, 0.25) is 0 Å². The van der Waals surface area contributed by atoms with Crippen LogP contribution in [0.25, 0.3) is 0 Å². The number of hydrogen-bond donors (Lipinski definition) is 0. The Balaban J connectivity index is 1.83. The number of benzene rings is 1. The minimum atomic E-state index is -0.236. The Kier molecular flexibility index (Phi) is 4.37. The van der Waals surface area contributed by atoms with Crippen molar-refractivity contribution in [3.8, 4) is 0 Å². The van der Waals surface area contributed by atoms with E-state index in [0.717, 1.165) is 6.42 Å². The fourth-order valence-electron chi connectivity index (χ4n) is 3.93. The second-order valence-corrected chi connectivity index (χ2v) is 7.65. The molecule has 0 bridgehead atoms. The van der Waals surface area contributed by atoms with E-state index in [-0.39, 0.29) is 11.6 Å². The Morgan fingerprint density at radius 3 is 2.57 bits per heavy atom. The molecule has 2 aliphatic rings. The molecular weight excluding hydrogens is 288 g/mol. The highest BCUT2D eigenvalue weighted by molar-refractivity contribution is 5.69. The van der Waals surface area contributed by atoms with E-state index in [1.807, 2.05) is 4.90 Å². The Labute approximate surface area is 139 Å². The van der Waals surface area contributed by atoms with Crippen molar-refractivity contribution in [1.29, 1.82) is 0 Å². The summed E-state index contributed by atoms with van der Waals surface area (Å²) in [6, 6.07) is 6.87. The van der Waals surface area contributed by atoms with Crippen LogP contribution in [0.2, 0.25) is 0 Å². The zero-order valence-corrected chi connectivity index (χ0v) is 14.8. The van der Waals surface area contributed by atoms with Crippen LogP contribution in [0.15, 0.2) is 18.2 Å². The second kappa shape index (κ2) is 6.16. The zero-order valence-electron chi connectivity index (χ0n) is 14.8. The van der Waals surface area contributed by atoms with Crippen molar-refractivity contribution >= 4 is 6.09 Å². The monoisotopic (exact) mass is 316 g/mol. The minimum absolute atomic E-state index is 0.203. The zero-order chi connectivity index (χ0) is 16.6. The lowest BCUT2D eigenvalue weighted by molar-refractivity contribution is 0.0657. The first-order valence-electron chi connectivity index (χ1n) is 8.56. The van der Waals surface area contributed by atoms with Gasteiger partial charge in [-0.3, -0.25) is 4.90 Å². The molecule has 1 saturated heterocycles. The van der Waals surface area contributed by atoms with Crippen LogP contribution in [0.1, 0.15) is 49.3 Å². The van der Waals surface area contributed by atoms with Crippen molar-refractivity contribution in [3.05, 3.63) is 34.9 Å². The highest BCUT2D eigenvalue weighted by Gasteiger charge is 2.36. The molecule has 0 N–H and O–H groups in total. The first-order chi connectivity index (χ1) is 10.9. The third-order valence-electron chi connectivity index (χ3n) is 5.50. The molecule has 0 atom stereocenters. The molecule has 126 valence electrons.